The van der Waals surface area contributed by atoms with Crippen LogP contribution in [0.5, 0.6) is 0 Å². The lowest BCUT2D eigenvalue weighted by atomic mass is 10.1. The van der Waals surface area contributed by atoms with Crippen molar-refractivity contribution < 1.29 is 28.8 Å². The Morgan fingerprint density at radius 2 is 1.29 bits per heavy atom. The molecule has 0 aliphatic carbocycles. The maximum Gasteiger partial charge on any atom is 0.104 e. The SMILES string of the molecule is CCCCCCCCCCCCOCC1COCCOCCOCC(O)CO1. The van der Waals surface area contributed by atoms with E-state index in [9.17, 15) is 5.11 Å². The monoisotopic (exact) mass is 404 g/mol. The van der Waals surface area contributed by atoms with Crippen LogP contribution in [-0.2, 0) is 23.7 Å². The third-order valence-corrected chi connectivity index (χ3v) is 4.83. The van der Waals surface area contributed by atoms with Gasteiger partial charge in [-0.2, -0.15) is 0 Å². The highest BCUT2D eigenvalue weighted by Gasteiger charge is 2.14. The van der Waals surface area contributed by atoms with E-state index in [0.717, 1.165) is 13.0 Å². The third-order valence-electron chi connectivity index (χ3n) is 4.83. The van der Waals surface area contributed by atoms with Gasteiger partial charge in [0.2, 0.25) is 0 Å². The van der Waals surface area contributed by atoms with Crippen LogP contribution in [0.25, 0.3) is 0 Å². The zero-order chi connectivity index (χ0) is 20.1. The van der Waals surface area contributed by atoms with E-state index in [0.29, 0.717) is 39.6 Å². The van der Waals surface area contributed by atoms with E-state index in [1.807, 2.05) is 0 Å². The highest BCUT2D eigenvalue weighted by atomic mass is 16.6. The Kier molecular flexibility index (Phi) is 18.5. The second-order valence-electron chi connectivity index (χ2n) is 7.63. The van der Waals surface area contributed by atoms with E-state index in [-0.39, 0.29) is 19.3 Å². The first-order valence-corrected chi connectivity index (χ1v) is 11.4. The van der Waals surface area contributed by atoms with E-state index in [2.05, 4.69) is 6.92 Å². The molecular formula is C22H44O6. The standard InChI is InChI=1S/C22H44O6/c1-2-3-4-5-6-7-8-9-10-11-12-25-19-22-20-27-16-14-24-13-15-26-17-21(23)18-28-22/h21-23H,2-20H2,1H3. The van der Waals surface area contributed by atoms with E-state index >= 15 is 0 Å². The van der Waals surface area contributed by atoms with Gasteiger partial charge in [0.25, 0.3) is 0 Å². The van der Waals surface area contributed by atoms with Gasteiger partial charge in [0, 0.05) is 6.61 Å². The van der Waals surface area contributed by atoms with Crippen LogP contribution in [0.3, 0.4) is 0 Å². The molecule has 1 aliphatic heterocycles. The highest BCUT2D eigenvalue weighted by Crippen LogP contribution is 2.10. The zero-order valence-corrected chi connectivity index (χ0v) is 18.1. The van der Waals surface area contributed by atoms with E-state index in [1.54, 1.807) is 0 Å². The summed E-state index contributed by atoms with van der Waals surface area (Å²) in [5.74, 6) is 0. The number of hydrogen-bond donors (Lipinski definition) is 1. The molecule has 2 unspecified atom stereocenters. The average molecular weight is 405 g/mol. The topological polar surface area (TPSA) is 66.4 Å². The minimum Gasteiger partial charge on any atom is -0.388 e. The number of ether oxygens (including phenoxy) is 5. The minimum atomic E-state index is -0.634. The largest absolute Gasteiger partial charge is 0.388 e. The second kappa shape index (κ2) is 20.0. The van der Waals surface area contributed by atoms with Crippen molar-refractivity contribution in [1.82, 2.24) is 0 Å². The number of rotatable bonds is 13. The second-order valence-corrected chi connectivity index (χ2v) is 7.63. The first-order chi connectivity index (χ1) is 13.8. The van der Waals surface area contributed by atoms with Crippen LogP contribution in [0.15, 0.2) is 0 Å². The predicted octanol–water partition coefficient (Wildman–Crippen LogP) is 3.73. The predicted molar refractivity (Wildman–Crippen MR) is 111 cm³/mol. The van der Waals surface area contributed by atoms with Crippen LogP contribution < -0.4 is 0 Å². The maximum absolute atomic E-state index is 9.88. The van der Waals surface area contributed by atoms with Gasteiger partial charge in [-0.3, -0.25) is 0 Å². The summed E-state index contributed by atoms with van der Waals surface area (Å²) in [5.41, 5.74) is 0. The summed E-state index contributed by atoms with van der Waals surface area (Å²) in [6.45, 7) is 6.51. The Balaban J connectivity index is 2.01. The maximum atomic E-state index is 9.88. The van der Waals surface area contributed by atoms with Crippen molar-refractivity contribution in [3.05, 3.63) is 0 Å². The fourth-order valence-electron chi connectivity index (χ4n) is 3.12. The molecule has 1 rings (SSSR count). The molecule has 0 aromatic heterocycles. The number of aliphatic hydroxyl groups excluding tert-OH is 1. The van der Waals surface area contributed by atoms with Crippen LogP contribution >= 0.6 is 0 Å². The Bertz CT molecular complexity index is 315. The molecule has 0 radical (unpaired) electrons. The fraction of sp³-hybridized carbons (Fsp3) is 1.00. The zero-order valence-electron chi connectivity index (χ0n) is 18.1. The lowest BCUT2D eigenvalue weighted by molar-refractivity contribution is -0.0912. The first-order valence-electron chi connectivity index (χ1n) is 11.4. The molecule has 1 heterocycles. The summed E-state index contributed by atoms with van der Waals surface area (Å²) in [5, 5.41) is 9.88. The molecular weight excluding hydrogens is 360 g/mol. The Hall–Kier alpha value is -0.240. The smallest absolute Gasteiger partial charge is 0.104 e. The summed E-state index contributed by atoms with van der Waals surface area (Å²) < 4.78 is 27.9. The van der Waals surface area contributed by atoms with Crippen molar-refractivity contribution in [3.8, 4) is 0 Å². The van der Waals surface area contributed by atoms with Crippen molar-refractivity contribution in [2.45, 2.75) is 83.3 Å². The molecule has 28 heavy (non-hydrogen) atoms. The molecule has 0 bridgehead atoms. The van der Waals surface area contributed by atoms with Crippen LogP contribution in [0, 0.1) is 0 Å². The minimum absolute atomic E-state index is 0.168. The Morgan fingerprint density at radius 1 is 0.714 bits per heavy atom. The van der Waals surface area contributed by atoms with Crippen molar-refractivity contribution >= 4 is 0 Å². The van der Waals surface area contributed by atoms with E-state index in [4.69, 9.17) is 23.7 Å². The van der Waals surface area contributed by atoms with Gasteiger partial charge in [0.05, 0.1) is 52.9 Å². The summed E-state index contributed by atoms with van der Waals surface area (Å²) in [6, 6.07) is 0. The van der Waals surface area contributed by atoms with Gasteiger partial charge in [-0.05, 0) is 6.42 Å². The molecule has 1 saturated heterocycles. The van der Waals surface area contributed by atoms with Gasteiger partial charge >= 0.3 is 0 Å². The molecule has 2 atom stereocenters. The summed E-state index contributed by atoms with van der Waals surface area (Å²) in [4.78, 5) is 0. The molecule has 0 saturated carbocycles. The lowest BCUT2D eigenvalue weighted by Gasteiger charge is -2.20. The Morgan fingerprint density at radius 3 is 1.96 bits per heavy atom. The molecule has 1 fully saturated rings. The van der Waals surface area contributed by atoms with E-state index in [1.165, 1.54) is 57.8 Å². The molecule has 6 heteroatoms. The molecule has 1 aliphatic rings. The van der Waals surface area contributed by atoms with Crippen LogP contribution in [-0.4, -0.2) is 76.8 Å². The summed E-state index contributed by atoms with van der Waals surface area (Å²) in [7, 11) is 0. The van der Waals surface area contributed by atoms with E-state index < -0.39 is 6.10 Å². The number of unbranched alkanes of at least 4 members (excludes halogenated alkanes) is 9. The normalized spacial score (nSPS) is 22.9. The van der Waals surface area contributed by atoms with Crippen molar-refractivity contribution in [2.24, 2.45) is 0 Å². The molecule has 0 aromatic rings. The highest BCUT2D eigenvalue weighted by molar-refractivity contribution is 4.60. The van der Waals surface area contributed by atoms with Gasteiger partial charge in [0.1, 0.15) is 12.2 Å². The average Bonchev–Trinajstić information content (AvgIpc) is 2.72. The number of aliphatic hydroxyl groups is 1. The molecule has 0 spiro atoms. The van der Waals surface area contributed by atoms with Crippen molar-refractivity contribution in [1.29, 1.82) is 0 Å². The van der Waals surface area contributed by atoms with Crippen molar-refractivity contribution in [3.63, 3.8) is 0 Å². The van der Waals surface area contributed by atoms with Crippen LogP contribution in [0.2, 0.25) is 0 Å². The Labute approximate surface area is 172 Å². The number of hydrogen-bond acceptors (Lipinski definition) is 6. The van der Waals surface area contributed by atoms with Gasteiger partial charge in [-0.25, -0.2) is 0 Å². The van der Waals surface area contributed by atoms with Crippen molar-refractivity contribution in [2.75, 3.05) is 59.5 Å². The summed E-state index contributed by atoms with van der Waals surface area (Å²) >= 11 is 0. The molecule has 1 N–H and O–H groups in total. The third kappa shape index (κ3) is 16.7. The molecule has 0 amide bonds. The van der Waals surface area contributed by atoms with Crippen LogP contribution in [0.4, 0.5) is 0 Å². The molecule has 0 aromatic carbocycles. The van der Waals surface area contributed by atoms with Gasteiger partial charge in [-0.15, -0.1) is 0 Å². The molecule has 6 nitrogen and oxygen atoms in total. The molecule has 168 valence electrons. The van der Waals surface area contributed by atoms with Gasteiger partial charge < -0.3 is 28.8 Å². The lowest BCUT2D eigenvalue weighted by Crippen LogP contribution is -2.31. The quantitative estimate of drug-likeness (QED) is 0.472. The van der Waals surface area contributed by atoms with Crippen LogP contribution in [0.1, 0.15) is 71.1 Å². The van der Waals surface area contributed by atoms with Gasteiger partial charge in [-0.1, -0.05) is 64.7 Å². The first kappa shape index (κ1) is 25.8. The summed E-state index contributed by atoms with van der Waals surface area (Å²) in [6.07, 6.45) is 12.4. The van der Waals surface area contributed by atoms with Gasteiger partial charge in [0.15, 0.2) is 0 Å². The fourth-order valence-corrected chi connectivity index (χ4v) is 3.12.